The van der Waals surface area contributed by atoms with Crippen LogP contribution in [0.5, 0.6) is 5.75 Å². The average molecular weight is 382 g/mol. The van der Waals surface area contributed by atoms with Crippen LogP contribution in [0.1, 0.15) is 42.0 Å². The third-order valence-electron chi connectivity index (χ3n) is 6.11. The molecule has 0 N–H and O–H groups in total. The van der Waals surface area contributed by atoms with Crippen molar-refractivity contribution in [2.24, 2.45) is 5.10 Å². The smallest absolute Gasteiger partial charge is 0.200 e. The summed E-state index contributed by atoms with van der Waals surface area (Å²) in [4.78, 5) is 2.36. The first kappa shape index (κ1) is 17.1. The number of ether oxygens (including phenoxy) is 1. The van der Waals surface area contributed by atoms with E-state index in [9.17, 15) is 0 Å². The van der Waals surface area contributed by atoms with Crippen molar-refractivity contribution in [2.45, 2.75) is 38.0 Å². The molecule has 0 amide bonds. The summed E-state index contributed by atoms with van der Waals surface area (Å²) in [5.74, 6) is 0.963. The highest BCUT2D eigenvalue weighted by molar-refractivity contribution is 6.30. The van der Waals surface area contributed by atoms with E-state index < -0.39 is 0 Å². The predicted molar refractivity (Wildman–Crippen MR) is 108 cm³/mol. The number of halogens is 1. The minimum Gasteiger partial charge on any atom is -0.466 e. The number of hydrazone groups is 1. The molecule has 1 spiro atoms. The van der Waals surface area contributed by atoms with Gasteiger partial charge in [-0.1, -0.05) is 41.4 Å². The number of nitrogens with zero attached hydrogens (tertiary/aromatic N) is 3. The van der Waals surface area contributed by atoms with E-state index >= 15 is 0 Å². The Kier molecular flexibility index (Phi) is 3.95. The molecule has 1 atom stereocenters. The van der Waals surface area contributed by atoms with Crippen LogP contribution in [0.2, 0.25) is 5.02 Å². The number of rotatable bonds is 1. The normalized spacial score (nSPS) is 23.6. The van der Waals surface area contributed by atoms with Crippen LogP contribution in [-0.2, 0) is 0 Å². The molecule has 0 aliphatic carbocycles. The Morgan fingerprint density at radius 1 is 1.11 bits per heavy atom. The molecule has 3 aliphatic heterocycles. The van der Waals surface area contributed by atoms with E-state index in [4.69, 9.17) is 21.4 Å². The largest absolute Gasteiger partial charge is 0.466 e. The number of hydrogen-bond acceptors (Lipinski definition) is 4. The van der Waals surface area contributed by atoms with Crippen LogP contribution >= 0.6 is 11.6 Å². The Morgan fingerprint density at radius 2 is 1.85 bits per heavy atom. The predicted octanol–water partition coefficient (Wildman–Crippen LogP) is 4.61. The van der Waals surface area contributed by atoms with Gasteiger partial charge in [0.15, 0.2) is 0 Å². The zero-order chi connectivity index (χ0) is 18.6. The van der Waals surface area contributed by atoms with Crippen LogP contribution in [0.25, 0.3) is 0 Å². The fourth-order valence-corrected chi connectivity index (χ4v) is 4.65. The summed E-state index contributed by atoms with van der Waals surface area (Å²) in [5.41, 5.74) is 4.39. The van der Waals surface area contributed by atoms with Gasteiger partial charge in [0, 0.05) is 42.9 Å². The second kappa shape index (κ2) is 6.25. The summed E-state index contributed by atoms with van der Waals surface area (Å²) in [6.45, 7) is 4.15. The molecule has 3 aliphatic rings. The van der Waals surface area contributed by atoms with Crippen LogP contribution in [-0.4, -0.2) is 41.5 Å². The molecule has 2 aromatic carbocycles. The van der Waals surface area contributed by atoms with Gasteiger partial charge in [0.1, 0.15) is 5.75 Å². The summed E-state index contributed by atoms with van der Waals surface area (Å²) < 4.78 is 6.61. The lowest BCUT2D eigenvalue weighted by Gasteiger charge is -2.50. The third-order valence-corrected chi connectivity index (χ3v) is 6.35. The van der Waals surface area contributed by atoms with E-state index in [1.807, 2.05) is 18.2 Å². The van der Waals surface area contributed by atoms with Gasteiger partial charge in [-0.15, -0.1) is 0 Å². The van der Waals surface area contributed by atoms with Crippen LogP contribution in [0.4, 0.5) is 0 Å². The SMILES string of the molecule is Cc1ccc(C2=NN3[C@@H](C2)c2cc(Cl)ccc2OC32CCN(C)CC2)cc1. The van der Waals surface area contributed by atoms with Crippen LogP contribution < -0.4 is 4.74 Å². The number of hydrogen-bond donors (Lipinski definition) is 0. The fraction of sp³-hybridized carbons (Fsp3) is 0.409. The van der Waals surface area contributed by atoms with Crippen molar-refractivity contribution in [2.75, 3.05) is 20.1 Å². The first-order valence-corrected chi connectivity index (χ1v) is 10.0. The van der Waals surface area contributed by atoms with E-state index in [2.05, 4.69) is 48.1 Å². The van der Waals surface area contributed by atoms with Gasteiger partial charge < -0.3 is 9.64 Å². The Hall–Kier alpha value is -2.04. The Labute approximate surface area is 165 Å². The molecule has 140 valence electrons. The second-order valence-corrected chi connectivity index (χ2v) is 8.45. The zero-order valence-electron chi connectivity index (χ0n) is 15.8. The lowest BCUT2D eigenvalue weighted by molar-refractivity contribution is -0.147. The highest BCUT2D eigenvalue weighted by Gasteiger charge is 2.51. The topological polar surface area (TPSA) is 28.1 Å². The van der Waals surface area contributed by atoms with Crippen molar-refractivity contribution >= 4 is 17.3 Å². The molecule has 4 nitrogen and oxygen atoms in total. The highest BCUT2D eigenvalue weighted by Crippen LogP contribution is 2.50. The summed E-state index contributed by atoms with van der Waals surface area (Å²) in [6, 6.07) is 14.8. The first-order valence-electron chi connectivity index (χ1n) is 9.65. The number of likely N-dealkylation sites (tertiary alicyclic amines) is 1. The molecule has 0 unspecified atom stereocenters. The molecule has 5 rings (SSSR count). The average Bonchev–Trinajstić information content (AvgIpc) is 3.12. The molecular formula is C22H24ClN3O. The van der Waals surface area contributed by atoms with Gasteiger partial charge in [0.25, 0.3) is 0 Å². The number of piperidine rings is 1. The molecule has 3 heterocycles. The molecule has 0 aromatic heterocycles. The summed E-state index contributed by atoms with van der Waals surface area (Å²) in [5, 5.41) is 8.10. The van der Waals surface area contributed by atoms with E-state index in [0.717, 1.165) is 54.4 Å². The quantitative estimate of drug-likeness (QED) is 0.721. The maximum atomic E-state index is 6.61. The summed E-state index contributed by atoms with van der Waals surface area (Å²) in [7, 11) is 2.17. The van der Waals surface area contributed by atoms with E-state index in [1.54, 1.807) is 0 Å². The van der Waals surface area contributed by atoms with E-state index in [1.165, 1.54) is 11.1 Å². The van der Waals surface area contributed by atoms with E-state index in [-0.39, 0.29) is 11.8 Å². The fourth-order valence-electron chi connectivity index (χ4n) is 4.47. The van der Waals surface area contributed by atoms with Crippen molar-refractivity contribution in [3.63, 3.8) is 0 Å². The Bertz CT molecular complexity index is 900. The molecule has 1 fully saturated rings. The number of aryl methyl sites for hydroxylation is 1. The third kappa shape index (κ3) is 2.82. The Morgan fingerprint density at radius 3 is 2.59 bits per heavy atom. The van der Waals surface area contributed by atoms with Gasteiger partial charge in [-0.3, -0.25) is 0 Å². The minimum absolute atomic E-state index is 0.187. The zero-order valence-corrected chi connectivity index (χ0v) is 16.5. The van der Waals surface area contributed by atoms with E-state index in [0.29, 0.717) is 0 Å². The van der Waals surface area contributed by atoms with Gasteiger partial charge in [0.05, 0.1) is 11.8 Å². The molecule has 5 heteroatoms. The second-order valence-electron chi connectivity index (χ2n) is 8.01. The van der Waals surface area contributed by atoms with Crippen molar-refractivity contribution in [3.05, 3.63) is 64.2 Å². The molecule has 2 aromatic rings. The van der Waals surface area contributed by atoms with Crippen molar-refractivity contribution < 1.29 is 4.74 Å². The highest BCUT2D eigenvalue weighted by atomic mass is 35.5. The van der Waals surface area contributed by atoms with Gasteiger partial charge in [-0.2, -0.15) is 5.10 Å². The van der Waals surface area contributed by atoms with Gasteiger partial charge in [-0.05, 0) is 37.7 Å². The molecule has 0 bridgehead atoms. The molecule has 0 saturated carbocycles. The van der Waals surface area contributed by atoms with Gasteiger partial charge >= 0.3 is 0 Å². The number of fused-ring (bicyclic) bond motifs is 4. The van der Waals surface area contributed by atoms with Crippen LogP contribution in [0.15, 0.2) is 47.6 Å². The standard InChI is InChI=1S/C22H24ClN3O/c1-15-3-5-16(6-4-15)19-14-20-18-13-17(23)7-8-21(18)27-22(26(20)24-19)9-11-25(2)12-10-22/h3-8,13,20H,9-12,14H2,1-2H3/t20-/m0/s1. The minimum atomic E-state index is -0.357. The molecule has 27 heavy (non-hydrogen) atoms. The summed E-state index contributed by atoms with van der Waals surface area (Å²) in [6.07, 6.45) is 2.79. The monoisotopic (exact) mass is 381 g/mol. The van der Waals surface area contributed by atoms with Crippen LogP contribution in [0.3, 0.4) is 0 Å². The maximum Gasteiger partial charge on any atom is 0.200 e. The lowest BCUT2D eigenvalue weighted by atomic mass is 9.91. The van der Waals surface area contributed by atoms with Crippen molar-refractivity contribution in [3.8, 4) is 5.75 Å². The Balaban J connectivity index is 1.58. The lowest BCUT2D eigenvalue weighted by Crippen LogP contribution is -2.58. The molecule has 1 saturated heterocycles. The first-order chi connectivity index (χ1) is 13.0. The summed E-state index contributed by atoms with van der Waals surface area (Å²) >= 11 is 6.32. The van der Waals surface area contributed by atoms with Gasteiger partial charge in [0.2, 0.25) is 5.72 Å². The van der Waals surface area contributed by atoms with Crippen LogP contribution in [0, 0.1) is 6.92 Å². The maximum absolute atomic E-state index is 6.61. The molecule has 0 radical (unpaired) electrons. The number of benzene rings is 2. The molecular weight excluding hydrogens is 358 g/mol. The van der Waals surface area contributed by atoms with Crippen molar-refractivity contribution in [1.29, 1.82) is 0 Å². The van der Waals surface area contributed by atoms with Gasteiger partial charge in [-0.25, -0.2) is 5.01 Å². The van der Waals surface area contributed by atoms with Crippen molar-refractivity contribution in [1.82, 2.24) is 9.91 Å².